The lowest BCUT2D eigenvalue weighted by molar-refractivity contribution is -0.109. The first-order valence-electron chi connectivity index (χ1n) is 7.74. The molecule has 2 N–H and O–H groups in total. The van der Waals surface area contributed by atoms with Crippen molar-refractivity contribution >= 4 is 33.7 Å². The number of carbonyl (C=O) groups is 1. The van der Waals surface area contributed by atoms with Gasteiger partial charge in [-0.15, -0.1) is 0 Å². The lowest BCUT2D eigenvalue weighted by atomic mass is 9.97. The molecule has 2 aromatic rings. The van der Waals surface area contributed by atoms with Gasteiger partial charge in [0.25, 0.3) is 10.0 Å². The molecular weight excluding hydrogens is 362 g/mol. The molecule has 0 fully saturated rings. The second-order valence-electron chi connectivity index (χ2n) is 5.67. The third-order valence-corrected chi connectivity index (χ3v) is 6.28. The molecule has 0 saturated heterocycles. The van der Waals surface area contributed by atoms with Crippen molar-refractivity contribution in [3.63, 3.8) is 0 Å². The Morgan fingerprint density at radius 3 is 2.68 bits per heavy atom. The summed E-state index contributed by atoms with van der Waals surface area (Å²) in [6, 6.07) is 11.9. The maximum absolute atomic E-state index is 13.0. The number of hydrogen-bond acceptors (Lipinski definition) is 4. The van der Waals surface area contributed by atoms with E-state index in [0.29, 0.717) is 35.8 Å². The summed E-state index contributed by atoms with van der Waals surface area (Å²) < 4.78 is 27.4. The highest BCUT2D eigenvalue weighted by Crippen LogP contribution is 2.40. The number of sulfonamides is 1. The first-order valence-corrected chi connectivity index (χ1v) is 9.56. The number of benzene rings is 2. The molecule has 2 aromatic carbocycles. The van der Waals surface area contributed by atoms with E-state index in [1.807, 2.05) is 12.1 Å². The van der Waals surface area contributed by atoms with Crippen LogP contribution in [0.2, 0.25) is 5.02 Å². The minimum Gasteiger partial charge on any atom is -0.357 e. The predicted molar refractivity (Wildman–Crippen MR) is 97.4 cm³/mol. The van der Waals surface area contributed by atoms with Crippen molar-refractivity contribution in [1.82, 2.24) is 10.6 Å². The summed E-state index contributed by atoms with van der Waals surface area (Å²) in [6.07, 6.45) is 0.634. The zero-order chi connectivity index (χ0) is 18.0. The highest BCUT2D eigenvalue weighted by molar-refractivity contribution is 7.92. The standard InChI is InChI=1S/C17H18ClN3O3S/c1-21-15-5-3-2-4-13(15)17(20-9-8-19-11-22)14-7-6-12(18)10-16(14)25(21,23)24/h2-7,10-11,17,20H,8-9H2,1H3,(H,19,22). The van der Waals surface area contributed by atoms with Crippen molar-refractivity contribution in [2.45, 2.75) is 10.9 Å². The van der Waals surface area contributed by atoms with Gasteiger partial charge in [-0.25, -0.2) is 8.42 Å². The van der Waals surface area contributed by atoms with Crippen LogP contribution in [0.25, 0.3) is 0 Å². The third-order valence-electron chi connectivity index (χ3n) is 4.21. The van der Waals surface area contributed by atoms with Crippen LogP contribution in [-0.2, 0) is 14.8 Å². The third kappa shape index (κ3) is 3.22. The number of halogens is 1. The van der Waals surface area contributed by atoms with E-state index in [9.17, 15) is 13.2 Å². The summed E-state index contributed by atoms with van der Waals surface area (Å²) in [4.78, 5) is 10.6. The second kappa shape index (κ2) is 7.03. The van der Waals surface area contributed by atoms with Gasteiger partial charge in [0.05, 0.1) is 16.6 Å². The molecule has 0 aliphatic carbocycles. The van der Waals surface area contributed by atoms with Crippen LogP contribution >= 0.6 is 11.6 Å². The number of fused-ring (bicyclic) bond motifs is 2. The molecule has 0 aromatic heterocycles. The maximum atomic E-state index is 13.0. The number of amides is 1. The minimum absolute atomic E-state index is 0.180. The van der Waals surface area contributed by atoms with Crippen molar-refractivity contribution in [1.29, 1.82) is 0 Å². The van der Waals surface area contributed by atoms with E-state index >= 15 is 0 Å². The molecule has 3 rings (SSSR count). The van der Waals surface area contributed by atoms with Gasteiger partial charge in [-0.05, 0) is 29.3 Å². The van der Waals surface area contributed by atoms with Crippen LogP contribution in [0.5, 0.6) is 0 Å². The first-order chi connectivity index (χ1) is 12.0. The molecule has 0 radical (unpaired) electrons. The zero-order valence-corrected chi connectivity index (χ0v) is 15.1. The highest BCUT2D eigenvalue weighted by Gasteiger charge is 2.34. The van der Waals surface area contributed by atoms with Crippen molar-refractivity contribution < 1.29 is 13.2 Å². The fourth-order valence-electron chi connectivity index (χ4n) is 3.00. The average Bonchev–Trinajstić information content (AvgIpc) is 2.67. The van der Waals surface area contributed by atoms with Gasteiger partial charge in [-0.2, -0.15) is 0 Å². The van der Waals surface area contributed by atoms with Crippen LogP contribution < -0.4 is 14.9 Å². The number of carbonyl (C=O) groups excluding carboxylic acids is 1. The van der Waals surface area contributed by atoms with E-state index in [1.165, 1.54) is 17.4 Å². The van der Waals surface area contributed by atoms with Crippen LogP contribution in [0, 0.1) is 0 Å². The molecule has 0 bridgehead atoms. The van der Waals surface area contributed by atoms with Crippen molar-refractivity contribution in [2.24, 2.45) is 0 Å². The number of rotatable bonds is 5. The van der Waals surface area contributed by atoms with Crippen LogP contribution in [0.1, 0.15) is 17.2 Å². The SMILES string of the molecule is CN1c2ccccc2C(NCCNC=O)c2ccc(Cl)cc2S1(=O)=O. The summed E-state index contributed by atoms with van der Waals surface area (Å²) in [5, 5.41) is 6.29. The Bertz CT molecular complexity index is 902. The number of para-hydroxylation sites is 1. The maximum Gasteiger partial charge on any atom is 0.264 e. The molecule has 1 heterocycles. The minimum atomic E-state index is -3.72. The fourth-order valence-corrected chi connectivity index (χ4v) is 4.72. The zero-order valence-electron chi connectivity index (χ0n) is 13.6. The quantitative estimate of drug-likeness (QED) is 0.614. The van der Waals surface area contributed by atoms with Gasteiger partial charge in [0.15, 0.2) is 0 Å². The molecule has 132 valence electrons. The summed E-state index contributed by atoms with van der Waals surface area (Å²) in [7, 11) is -2.19. The molecule has 1 atom stereocenters. The van der Waals surface area contributed by atoms with Crippen molar-refractivity contribution in [2.75, 3.05) is 24.4 Å². The summed E-state index contributed by atoms with van der Waals surface area (Å²) in [5.74, 6) is 0. The molecular formula is C17H18ClN3O3S. The Balaban J connectivity index is 2.17. The number of anilines is 1. The van der Waals surface area contributed by atoms with Crippen LogP contribution in [0.4, 0.5) is 5.69 Å². The molecule has 1 unspecified atom stereocenters. The van der Waals surface area contributed by atoms with E-state index in [2.05, 4.69) is 10.6 Å². The Labute approximate surface area is 151 Å². The van der Waals surface area contributed by atoms with Crippen LogP contribution in [-0.4, -0.2) is 35.0 Å². The van der Waals surface area contributed by atoms with Gasteiger partial charge < -0.3 is 10.6 Å². The average molecular weight is 380 g/mol. The van der Waals surface area contributed by atoms with E-state index in [-0.39, 0.29) is 10.9 Å². The Morgan fingerprint density at radius 2 is 1.92 bits per heavy atom. The molecule has 1 aliphatic rings. The lowest BCUT2D eigenvalue weighted by Crippen LogP contribution is -2.30. The highest BCUT2D eigenvalue weighted by atomic mass is 35.5. The summed E-state index contributed by atoms with van der Waals surface area (Å²) in [6.45, 7) is 0.928. The molecule has 0 saturated carbocycles. The van der Waals surface area contributed by atoms with Gasteiger partial charge in [-0.3, -0.25) is 9.10 Å². The van der Waals surface area contributed by atoms with Crippen LogP contribution in [0.15, 0.2) is 47.4 Å². The smallest absolute Gasteiger partial charge is 0.264 e. The molecule has 1 amide bonds. The number of nitrogens with one attached hydrogen (secondary N) is 2. The summed E-state index contributed by atoms with van der Waals surface area (Å²) in [5.41, 5.74) is 2.09. The van der Waals surface area contributed by atoms with Crippen LogP contribution in [0.3, 0.4) is 0 Å². The molecule has 1 aliphatic heterocycles. The van der Waals surface area contributed by atoms with Gasteiger partial charge >= 0.3 is 0 Å². The van der Waals surface area contributed by atoms with Gasteiger partial charge in [0, 0.05) is 25.2 Å². The molecule has 0 spiro atoms. The van der Waals surface area contributed by atoms with E-state index in [1.54, 1.807) is 24.3 Å². The monoisotopic (exact) mass is 379 g/mol. The van der Waals surface area contributed by atoms with Gasteiger partial charge in [0.1, 0.15) is 0 Å². The normalized spacial score (nSPS) is 18.0. The Morgan fingerprint density at radius 1 is 1.16 bits per heavy atom. The molecule has 8 heteroatoms. The fraction of sp³-hybridized carbons (Fsp3) is 0.235. The van der Waals surface area contributed by atoms with E-state index < -0.39 is 10.0 Å². The topological polar surface area (TPSA) is 78.5 Å². The Hall–Kier alpha value is -2.09. The van der Waals surface area contributed by atoms with Crippen molar-refractivity contribution in [3.05, 3.63) is 58.6 Å². The largest absolute Gasteiger partial charge is 0.357 e. The molecule has 25 heavy (non-hydrogen) atoms. The second-order valence-corrected chi connectivity index (χ2v) is 8.05. The van der Waals surface area contributed by atoms with Gasteiger partial charge in [0.2, 0.25) is 6.41 Å². The van der Waals surface area contributed by atoms with Gasteiger partial charge in [-0.1, -0.05) is 35.9 Å². The summed E-state index contributed by atoms with van der Waals surface area (Å²) >= 11 is 6.06. The van der Waals surface area contributed by atoms with Crippen molar-refractivity contribution in [3.8, 4) is 0 Å². The number of nitrogens with zero attached hydrogens (tertiary/aromatic N) is 1. The Kier molecular flexibility index (Phi) is 4.99. The van der Waals surface area contributed by atoms with E-state index in [0.717, 1.165) is 5.56 Å². The number of hydrogen-bond donors (Lipinski definition) is 2. The first kappa shape index (κ1) is 17.7. The lowest BCUT2D eigenvalue weighted by Gasteiger charge is -2.22. The predicted octanol–water partition coefficient (Wildman–Crippen LogP) is 1.90. The van der Waals surface area contributed by atoms with E-state index in [4.69, 9.17) is 11.6 Å². The molecule has 6 nitrogen and oxygen atoms in total.